The number of nitrogens with one attached hydrogen (secondary N) is 1. The lowest BCUT2D eigenvalue weighted by Crippen LogP contribution is -2.15. The molecule has 1 aromatic carbocycles. The summed E-state index contributed by atoms with van der Waals surface area (Å²) in [6.07, 6.45) is 13.7. The standard InChI is InChI=1S/C25H30N2O4/c1-2-3-4-12-23(20-9-7-15-26-17-20)27-31-16-14-19-8-5-11-22-21(19)10-6-13-24(22)30-18-25(28)29/h6-10,12-13,15,17,27H,2-5,11,14,16,18H2,1H3,(H,28,29). The number of carboxylic acids is 1. The van der Waals surface area contributed by atoms with Crippen LogP contribution >= 0.6 is 0 Å². The van der Waals surface area contributed by atoms with Crippen LogP contribution in [0.4, 0.5) is 0 Å². The Labute approximate surface area is 183 Å². The van der Waals surface area contributed by atoms with Crippen molar-refractivity contribution in [2.24, 2.45) is 0 Å². The fraction of sp³-hybridized carbons (Fsp3) is 0.360. The number of hydrogen-bond donors (Lipinski definition) is 2. The number of rotatable bonds is 12. The third kappa shape index (κ3) is 6.69. The number of pyridine rings is 1. The lowest BCUT2D eigenvalue weighted by molar-refractivity contribution is -0.139. The first-order valence-corrected chi connectivity index (χ1v) is 10.8. The third-order valence-corrected chi connectivity index (χ3v) is 5.15. The van der Waals surface area contributed by atoms with Crippen LogP contribution in [0.2, 0.25) is 0 Å². The SMILES string of the molecule is CCCCC=C(NOCCC1=CCCc2c(OCC(=O)O)cccc21)c1cccnc1. The molecule has 6 heteroatoms. The van der Waals surface area contributed by atoms with Crippen LogP contribution in [-0.2, 0) is 16.1 Å². The Morgan fingerprint density at radius 3 is 2.97 bits per heavy atom. The molecule has 2 N–H and O–H groups in total. The zero-order valence-corrected chi connectivity index (χ0v) is 18.0. The van der Waals surface area contributed by atoms with Crippen molar-refractivity contribution >= 4 is 17.2 Å². The highest BCUT2D eigenvalue weighted by atomic mass is 16.6. The number of nitrogens with zero attached hydrogens (tertiary/aromatic N) is 1. The van der Waals surface area contributed by atoms with Crippen molar-refractivity contribution in [2.75, 3.05) is 13.2 Å². The average Bonchev–Trinajstić information content (AvgIpc) is 2.80. The molecule has 0 saturated heterocycles. The monoisotopic (exact) mass is 422 g/mol. The van der Waals surface area contributed by atoms with Crippen molar-refractivity contribution in [2.45, 2.75) is 45.4 Å². The highest BCUT2D eigenvalue weighted by Gasteiger charge is 2.17. The van der Waals surface area contributed by atoms with Crippen molar-refractivity contribution < 1.29 is 19.5 Å². The van der Waals surface area contributed by atoms with E-state index in [0.29, 0.717) is 12.4 Å². The maximum Gasteiger partial charge on any atom is 0.341 e. The molecule has 1 aliphatic rings. The number of fused-ring (bicyclic) bond motifs is 1. The van der Waals surface area contributed by atoms with Crippen LogP contribution in [0.5, 0.6) is 5.75 Å². The van der Waals surface area contributed by atoms with E-state index in [1.165, 1.54) is 5.57 Å². The summed E-state index contributed by atoms with van der Waals surface area (Å²) in [5.41, 5.74) is 8.43. The highest BCUT2D eigenvalue weighted by Crippen LogP contribution is 2.34. The van der Waals surface area contributed by atoms with E-state index in [1.54, 1.807) is 6.20 Å². The third-order valence-electron chi connectivity index (χ3n) is 5.15. The summed E-state index contributed by atoms with van der Waals surface area (Å²) in [6.45, 7) is 2.36. The minimum absolute atomic E-state index is 0.329. The van der Waals surface area contributed by atoms with Crippen LogP contribution in [0, 0.1) is 0 Å². The first kappa shape index (κ1) is 22.6. The van der Waals surface area contributed by atoms with E-state index in [9.17, 15) is 4.79 Å². The molecular formula is C25H30N2O4. The Morgan fingerprint density at radius 2 is 2.19 bits per heavy atom. The van der Waals surface area contributed by atoms with Crippen molar-refractivity contribution in [3.8, 4) is 5.75 Å². The number of aliphatic carboxylic acids is 1. The van der Waals surface area contributed by atoms with Crippen LogP contribution in [0.25, 0.3) is 11.3 Å². The number of carboxylic acid groups (broad SMARTS) is 1. The summed E-state index contributed by atoms with van der Waals surface area (Å²) in [5.74, 6) is -0.317. The van der Waals surface area contributed by atoms with Crippen molar-refractivity contribution in [1.29, 1.82) is 0 Å². The number of hydrogen-bond acceptors (Lipinski definition) is 5. The normalized spacial score (nSPS) is 13.3. The molecule has 164 valence electrons. The van der Waals surface area contributed by atoms with Crippen molar-refractivity contribution in [3.05, 3.63) is 71.6 Å². The Kier molecular flexibility index (Phi) is 8.67. The molecule has 0 amide bonds. The second-order valence-electron chi connectivity index (χ2n) is 7.43. The van der Waals surface area contributed by atoms with E-state index >= 15 is 0 Å². The van der Waals surface area contributed by atoms with Crippen LogP contribution in [-0.4, -0.2) is 29.3 Å². The number of ether oxygens (including phenoxy) is 1. The van der Waals surface area contributed by atoms with Crippen LogP contribution in [0.15, 0.2) is 54.9 Å². The van der Waals surface area contributed by atoms with E-state index in [-0.39, 0.29) is 6.61 Å². The minimum Gasteiger partial charge on any atom is -0.482 e. The number of aromatic nitrogens is 1. The van der Waals surface area contributed by atoms with Gasteiger partial charge in [-0.05, 0) is 61.4 Å². The highest BCUT2D eigenvalue weighted by molar-refractivity contribution is 5.73. The fourth-order valence-electron chi connectivity index (χ4n) is 3.62. The molecule has 0 unspecified atom stereocenters. The van der Waals surface area contributed by atoms with Gasteiger partial charge in [0.15, 0.2) is 6.61 Å². The molecule has 0 atom stereocenters. The molecule has 31 heavy (non-hydrogen) atoms. The second-order valence-corrected chi connectivity index (χ2v) is 7.43. The van der Waals surface area contributed by atoms with Gasteiger partial charge >= 0.3 is 5.97 Å². The lowest BCUT2D eigenvalue weighted by Gasteiger charge is -2.21. The molecule has 0 fully saturated rings. The molecule has 0 aliphatic heterocycles. The maximum absolute atomic E-state index is 10.9. The molecule has 0 saturated carbocycles. The Hall–Kier alpha value is -3.12. The van der Waals surface area contributed by atoms with E-state index < -0.39 is 5.97 Å². The van der Waals surface area contributed by atoms with Crippen LogP contribution in [0.1, 0.15) is 55.7 Å². The summed E-state index contributed by atoms with van der Waals surface area (Å²) in [7, 11) is 0. The molecule has 0 radical (unpaired) electrons. The zero-order chi connectivity index (χ0) is 21.9. The average molecular weight is 423 g/mol. The van der Waals surface area contributed by atoms with Gasteiger partial charge in [-0.25, -0.2) is 4.79 Å². The Bertz CT molecular complexity index is 922. The van der Waals surface area contributed by atoms with Gasteiger partial charge < -0.3 is 9.84 Å². The lowest BCUT2D eigenvalue weighted by atomic mass is 9.89. The zero-order valence-electron chi connectivity index (χ0n) is 18.0. The number of hydroxylamine groups is 1. The molecule has 1 aliphatic carbocycles. The van der Waals surface area contributed by atoms with Crippen LogP contribution < -0.4 is 10.2 Å². The number of benzene rings is 1. The van der Waals surface area contributed by atoms with E-state index in [4.69, 9.17) is 14.7 Å². The predicted octanol–water partition coefficient (Wildman–Crippen LogP) is 5.02. The van der Waals surface area contributed by atoms with Gasteiger partial charge in [-0.1, -0.05) is 37.6 Å². The first-order valence-electron chi connectivity index (χ1n) is 10.8. The number of unbranched alkanes of at least 4 members (excludes halogenated alkanes) is 2. The molecule has 2 aromatic rings. The van der Waals surface area contributed by atoms with Gasteiger partial charge in [0.1, 0.15) is 5.75 Å². The van der Waals surface area contributed by atoms with Gasteiger partial charge in [-0.15, -0.1) is 0 Å². The summed E-state index contributed by atoms with van der Waals surface area (Å²) < 4.78 is 5.48. The number of carbonyl (C=O) groups is 1. The molecule has 0 bridgehead atoms. The molecular weight excluding hydrogens is 392 g/mol. The Morgan fingerprint density at radius 1 is 1.29 bits per heavy atom. The van der Waals surface area contributed by atoms with E-state index in [1.807, 2.05) is 30.5 Å². The fourth-order valence-corrected chi connectivity index (χ4v) is 3.62. The molecule has 6 nitrogen and oxygen atoms in total. The van der Waals surface area contributed by atoms with E-state index in [0.717, 1.165) is 60.9 Å². The van der Waals surface area contributed by atoms with Crippen molar-refractivity contribution in [3.63, 3.8) is 0 Å². The predicted molar refractivity (Wildman–Crippen MR) is 121 cm³/mol. The van der Waals surface area contributed by atoms with Gasteiger partial charge in [0, 0.05) is 23.5 Å². The molecule has 3 rings (SSSR count). The van der Waals surface area contributed by atoms with Gasteiger partial charge in [0.2, 0.25) is 0 Å². The quantitative estimate of drug-likeness (QED) is 0.369. The topological polar surface area (TPSA) is 80.7 Å². The van der Waals surface area contributed by atoms with Crippen molar-refractivity contribution in [1.82, 2.24) is 10.5 Å². The first-order chi connectivity index (χ1) is 15.2. The van der Waals surface area contributed by atoms with E-state index in [2.05, 4.69) is 35.6 Å². The van der Waals surface area contributed by atoms with Crippen LogP contribution in [0.3, 0.4) is 0 Å². The Balaban J connectivity index is 1.59. The maximum atomic E-state index is 10.9. The summed E-state index contributed by atoms with van der Waals surface area (Å²) in [5, 5.41) is 8.90. The van der Waals surface area contributed by atoms with Gasteiger partial charge in [0.05, 0.1) is 12.3 Å². The van der Waals surface area contributed by atoms with Gasteiger partial charge in [-0.3, -0.25) is 15.3 Å². The number of allylic oxidation sites excluding steroid dienone is 2. The summed E-state index contributed by atoms with van der Waals surface area (Å²) in [6, 6.07) is 9.74. The molecule has 1 heterocycles. The van der Waals surface area contributed by atoms with Gasteiger partial charge in [0.25, 0.3) is 0 Å². The molecule has 0 spiro atoms. The molecule has 1 aromatic heterocycles. The smallest absolute Gasteiger partial charge is 0.341 e. The summed E-state index contributed by atoms with van der Waals surface area (Å²) >= 11 is 0. The summed E-state index contributed by atoms with van der Waals surface area (Å²) in [4.78, 5) is 20.9. The minimum atomic E-state index is -0.972. The largest absolute Gasteiger partial charge is 0.482 e. The van der Waals surface area contributed by atoms with Gasteiger partial charge in [-0.2, -0.15) is 0 Å². The second kappa shape index (κ2) is 11.9.